The van der Waals surface area contributed by atoms with Gasteiger partial charge in [-0.3, -0.25) is 0 Å². The fraction of sp³-hybridized carbons (Fsp3) is 0.556. The Morgan fingerprint density at radius 1 is 1.36 bits per heavy atom. The Morgan fingerprint density at radius 2 is 2.00 bits per heavy atom. The van der Waals surface area contributed by atoms with Gasteiger partial charge in [-0.25, -0.2) is 4.98 Å². The van der Waals surface area contributed by atoms with Crippen LogP contribution < -0.4 is 5.73 Å². The van der Waals surface area contributed by atoms with Gasteiger partial charge in [0.05, 0.1) is 5.69 Å². The summed E-state index contributed by atoms with van der Waals surface area (Å²) in [6.07, 6.45) is 1.85. The molecule has 1 heterocycles. The second-order valence-corrected chi connectivity index (χ2v) is 4.07. The molecular weight excluding hydrogens is 221 g/mol. The van der Waals surface area contributed by atoms with Crippen LogP contribution in [0.5, 0.6) is 0 Å². The zero-order chi connectivity index (χ0) is 10.7. The van der Waals surface area contributed by atoms with Crippen molar-refractivity contribution in [3.05, 3.63) is 16.0 Å². The third-order valence-electron chi connectivity index (χ3n) is 2.16. The van der Waals surface area contributed by atoms with Gasteiger partial charge in [0.25, 0.3) is 0 Å². The highest BCUT2D eigenvalue weighted by Crippen LogP contribution is 2.24. The van der Waals surface area contributed by atoms with Crippen LogP contribution in [-0.2, 0) is 6.42 Å². The molecule has 0 aliphatic rings. The number of aromatic nitrogens is 2. The molecule has 0 aliphatic heterocycles. The fourth-order valence-electron chi connectivity index (χ4n) is 1.09. The van der Waals surface area contributed by atoms with Gasteiger partial charge >= 0.3 is 0 Å². The molecule has 0 saturated carbocycles. The number of nitrogens with two attached hydrogens (primary N) is 1. The molecule has 5 heteroatoms. The molecule has 0 amide bonds. The van der Waals surface area contributed by atoms with Crippen molar-refractivity contribution in [1.82, 2.24) is 9.97 Å². The summed E-state index contributed by atoms with van der Waals surface area (Å²) in [4.78, 5) is 7.83. The van der Waals surface area contributed by atoms with Gasteiger partial charge in [-0.1, -0.05) is 31.9 Å². The van der Waals surface area contributed by atoms with Crippen molar-refractivity contribution in [2.75, 3.05) is 5.73 Å². The van der Waals surface area contributed by atoms with E-state index in [0.717, 1.165) is 18.5 Å². The fourth-order valence-corrected chi connectivity index (χ4v) is 1.45. The maximum atomic E-state index is 5.96. The van der Waals surface area contributed by atoms with Crippen molar-refractivity contribution in [2.24, 2.45) is 5.92 Å². The molecule has 0 bridgehead atoms. The number of halogens is 2. The average molecular weight is 234 g/mol. The van der Waals surface area contributed by atoms with Crippen LogP contribution >= 0.6 is 23.2 Å². The largest absolute Gasteiger partial charge is 0.382 e. The summed E-state index contributed by atoms with van der Waals surface area (Å²) in [5.74, 6) is 0.767. The molecule has 78 valence electrons. The number of hydrogen-bond donors (Lipinski definition) is 1. The summed E-state index contributed by atoms with van der Waals surface area (Å²) < 4.78 is 0. The summed E-state index contributed by atoms with van der Waals surface area (Å²) in [6.45, 7) is 4.24. The van der Waals surface area contributed by atoms with Crippen LogP contribution in [-0.4, -0.2) is 9.97 Å². The van der Waals surface area contributed by atoms with Crippen molar-refractivity contribution in [3.63, 3.8) is 0 Å². The maximum absolute atomic E-state index is 5.96. The van der Waals surface area contributed by atoms with E-state index in [2.05, 4.69) is 23.8 Å². The number of anilines is 1. The second kappa shape index (κ2) is 4.80. The Labute approximate surface area is 93.6 Å². The Hall–Kier alpha value is -0.540. The molecule has 14 heavy (non-hydrogen) atoms. The molecule has 1 aromatic heterocycles. The lowest BCUT2D eigenvalue weighted by molar-refractivity contribution is 0.552. The van der Waals surface area contributed by atoms with Crippen molar-refractivity contribution < 1.29 is 0 Å². The summed E-state index contributed by atoms with van der Waals surface area (Å²) in [7, 11) is 0. The summed E-state index contributed by atoms with van der Waals surface area (Å²) >= 11 is 11.6. The number of nitrogens with zero attached hydrogens (tertiary/aromatic N) is 2. The first-order chi connectivity index (χ1) is 6.54. The molecule has 0 aromatic carbocycles. The van der Waals surface area contributed by atoms with Gasteiger partial charge in [-0.15, -0.1) is 0 Å². The normalized spacial score (nSPS) is 12.9. The Balaban J connectivity index is 2.96. The summed E-state index contributed by atoms with van der Waals surface area (Å²) in [6, 6.07) is 0. The molecule has 0 aliphatic carbocycles. The van der Waals surface area contributed by atoms with E-state index in [0.29, 0.717) is 10.9 Å². The molecule has 0 spiro atoms. The van der Waals surface area contributed by atoms with E-state index >= 15 is 0 Å². The lowest BCUT2D eigenvalue weighted by Gasteiger charge is -2.10. The van der Waals surface area contributed by atoms with Gasteiger partial charge in [0, 0.05) is 0 Å². The minimum atomic E-state index is 0.158. The van der Waals surface area contributed by atoms with Gasteiger partial charge in [-0.2, -0.15) is 4.98 Å². The van der Waals surface area contributed by atoms with E-state index in [4.69, 9.17) is 28.9 Å². The molecule has 0 fully saturated rings. The Morgan fingerprint density at radius 3 is 2.57 bits per heavy atom. The van der Waals surface area contributed by atoms with E-state index in [1.165, 1.54) is 0 Å². The molecule has 1 unspecified atom stereocenters. The van der Waals surface area contributed by atoms with Crippen molar-refractivity contribution in [2.45, 2.75) is 26.7 Å². The van der Waals surface area contributed by atoms with Gasteiger partial charge in [-0.05, 0) is 23.9 Å². The van der Waals surface area contributed by atoms with E-state index in [9.17, 15) is 0 Å². The van der Waals surface area contributed by atoms with E-state index in [1.807, 2.05) is 0 Å². The van der Waals surface area contributed by atoms with Crippen LogP contribution in [0.2, 0.25) is 10.3 Å². The Bertz CT molecular complexity index is 328. The van der Waals surface area contributed by atoms with Crippen LogP contribution in [0.4, 0.5) is 5.82 Å². The smallest absolute Gasteiger partial charge is 0.224 e. The maximum Gasteiger partial charge on any atom is 0.224 e. The topological polar surface area (TPSA) is 51.8 Å². The molecule has 1 atom stereocenters. The third kappa shape index (κ3) is 2.72. The van der Waals surface area contributed by atoms with Crippen LogP contribution in [0.1, 0.15) is 26.0 Å². The quantitative estimate of drug-likeness (QED) is 0.818. The van der Waals surface area contributed by atoms with Crippen molar-refractivity contribution >= 4 is 29.0 Å². The molecular formula is C9H13Cl2N3. The van der Waals surface area contributed by atoms with Crippen LogP contribution in [0.25, 0.3) is 0 Å². The predicted molar refractivity (Wildman–Crippen MR) is 59.6 cm³/mol. The molecule has 1 aromatic rings. The number of rotatable bonds is 3. The molecule has 1 rings (SSSR count). The van der Waals surface area contributed by atoms with E-state index < -0.39 is 0 Å². The highest BCUT2D eigenvalue weighted by molar-refractivity contribution is 6.34. The zero-order valence-corrected chi connectivity index (χ0v) is 9.73. The predicted octanol–water partition coefficient (Wildman–Crippen LogP) is 2.95. The molecule has 3 nitrogen and oxygen atoms in total. The first-order valence-corrected chi connectivity index (χ1v) is 5.27. The minimum absolute atomic E-state index is 0.158. The number of nitrogen functional groups attached to an aromatic ring is 1. The van der Waals surface area contributed by atoms with E-state index in [1.54, 1.807) is 0 Å². The number of hydrogen-bond acceptors (Lipinski definition) is 3. The lowest BCUT2D eigenvalue weighted by atomic mass is 10.0. The first kappa shape index (κ1) is 11.5. The van der Waals surface area contributed by atoms with Crippen molar-refractivity contribution in [3.8, 4) is 0 Å². The summed E-state index contributed by atoms with van der Waals surface area (Å²) in [5.41, 5.74) is 6.31. The van der Waals surface area contributed by atoms with Crippen LogP contribution in [0, 0.1) is 5.92 Å². The summed E-state index contributed by atoms with van der Waals surface area (Å²) in [5, 5.41) is 0.583. The van der Waals surface area contributed by atoms with Gasteiger partial charge in [0.15, 0.2) is 0 Å². The van der Waals surface area contributed by atoms with Gasteiger partial charge in [0.1, 0.15) is 10.8 Å². The van der Waals surface area contributed by atoms with E-state index in [-0.39, 0.29) is 11.1 Å². The first-order valence-electron chi connectivity index (χ1n) is 4.52. The standard InChI is InChI=1S/C9H13Cl2N3/c1-3-5(2)4-6-7(10)8(12)14-9(11)13-6/h5H,3-4H2,1-2H3,(H2,12,13,14). The highest BCUT2D eigenvalue weighted by Gasteiger charge is 2.11. The third-order valence-corrected chi connectivity index (χ3v) is 2.74. The van der Waals surface area contributed by atoms with Crippen LogP contribution in [0.15, 0.2) is 0 Å². The lowest BCUT2D eigenvalue weighted by Crippen LogP contribution is -2.05. The Kier molecular flexibility index (Phi) is 3.96. The monoisotopic (exact) mass is 233 g/mol. The highest BCUT2D eigenvalue weighted by atomic mass is 35.5. The van der Waals surface area contributed by atoms with Crippen molar-refractivity contribution in [1.29, 1.82) is 0 Å². The average Bonchev–Trinajstić information content (AvgIpc) is 2.13. The molecule has 0 saturated heterocycles. The molecule has 2 N–H and O–H groups in total. The zero-order valence-electron chi connectivity index (χ0n) is 8.22. The van der Waals surface area contributed by atoms with Crippen LogP contribution in [0.3, 0.4) is 0 Å². The molecule has 0 radical (unpaired) electrons. The van der Waals surface area contributed by atoms with Gasteiger partial charge in [0.2, 0.25) is 5.28 Å². The minimum Gasteiger partial charge on any atom is -0.382 e. The second-order valence-electron chi connectivity index (χ2n) is 3.36. The SMILES string of the molecule is CCC(C)Cc1nc(Cl)nc(N)c1Cl. The van der Waals surface area contributed by atoms with Gasteiger partial charge < -0.3 is 5.73 Å².